The van der Waals surface area contributed by atoms with Crippen LogP contribution in [0.15, 0.2) is 54.6 Å². The van der Waals surface area contributed by atoms with Crippen LogP contribution in [0.3, 0.4) is 0 Å². The minimum atomic E-state index is -0.288. The summed E-state index contributed by atoms with van der Waals surface area (Å²) in [6.45, 7) is 3.16. The second-order valence-corrected chi connectivity index (χ2v) is 11.0. The molecule has 1 N–H and O–H groups in total. The number of benzene rings is 2. The second-order valence-electron chi connectivity index (χ2n) is 11.0. The van der Waals surface area contributed by atoms with E-state index < -0.39 is 0 Å². The minimum absolute atomic E-state index is 0.0651. The van der Waals surface area contributed by atoms with Crippen LogP contribution in [0.4, 0.5) is 0 Å². The third-order valence-electron chi connectivity index (χ3n) is 8.79. The maximum atomic E-state index is 13.0. The Labute approximate surface area is 221 Å². The lowest BCUT2D eigenvalue weighted by Crippen LogP contribution is -2.68. The van der Waals surface area contributed by atoms with Gasteiger partial charge in [0.1, 0.15) is 11.5 Å². The van der Waals surface area contributed by atoms with E-state index in [4.69, 9.17) is 14.2 Å². The molecule has 3 atom stereocenters. The summed E-state index contributed by atoms with van der Waals surface area (Å²) in [6.07, 6.45) is 9.85. The molecule has 1 aliphatic heterocycles. The molecule has 3 aliphatic rings. The largest absolute Gasteiger partial charge is 0.497 e. The van der Waals surface area contributed by atoms with E-state index in [9.17, 15) is 4.79 Å². The highest BCUT2D eigenvalue weighted by Gasteiger charge is 2.59. The Balaban J connectivity index is 1.37. The van der Waals surface area contributed by atoms with Crippen molar-refractivity contribution in [1.29, 1.82) is 0 Å². The molecule has 1 saturated heterocycles. The SMILES string of the molecule is COc1cccc(C=CC(=O)NC2CCC3(OC)CN(CC4CC4)CCC3(c3cccc(OC)c3)C2)c1. The van der Waals surface area contributed by atoms with Crippen LogP contribution in [0.2, 0.25) is 0 Å². The van der Waals surface area contributed by atoms with E-state index in [1.54, 1.807) is 20.3 Å². The van der Waals surface area contributed by atoms with Crippen LogP contribution in [0.5, 0.6) is 11.5 Å². The number of hydrogen-bond donors (Lipinski definition) is 1. The van der Waals surface area contributed by atoms with Gasteiger partial charge < -0.3 is 24.4 Å². The molecule has 0 radical (unpaired) electrons. The van der Waals surface area contributed by atoms with Crippen LogP contribution in [-0.4, -0.2) is 63.4 Å². The molecule has 2 aromatic carbocycles. The van der Waals surface area contributed by atoms with E-state index >= 15 is 0 Å². The molecule has 6 heteroatoms. The summed E-state index contributed by atoms with van der Waals surface area (Å²) < 4.78 is 17.4. The zero-order valence-electron chi connectivity index (χ0n) is 22.4. The predicted molar refractivity (Wildman–Crippen MR) is 146 cm³/mol. The van der Waals surface area contributed by atoms with Gasteiger partial charge in [-0.2, -0.15) is 0 Å². The first kappa shape index (κ1) is 25.8. The Morgan fingerprint density at radius 2 is 1.78 bits per heavy atom. The predicted octanol–water partition coefficient (Wildman–Crippen LogP) is 4.82. The number of nitrogens with zero attached hydrogens (tertiary/aromatic N) is 1. The van der Waals surface area contributed by atoms with Crippen molar-refractivity contribution in [2.75, 3.05) is 41.0 Å². The topological polar surface area (TPSA) is 60.0 Å². The fraction of sp³-hybridized carbons (Fsp3) is 0.516. The highest BCUT2D eigenvalue weighted by Crippen LogP contribution is 2.54. The first-order chi connectivity index (χ1) is 18.0. The summed E-state index contributed by atoms with van der Waals surface area (Å²) in [5, 5.41) is 3.31. The normalized spacial score (nSPS) is 28.0. The van der Waals surface area contributed by atoms with Crippen molar-refractivity contribution >= 4 is 12.0 Å². The Morgan fingerprint density at radius 3 is 2.51 bits per heavy atom. The summed E-state index contributed by atoms with van der Waals surface area (Å²) in [4.78, 5) is 15.6. The molecule has 198 valence electrons. The average molecular weight is 505 g/mol. The van der Waals surface area contributed by atoms with Gasteiger partial charge in [0.25, 0.3) is 0 Å². The van der Waals surface area contributed by atoms with Gasteiger partial charge >= 0.3 is 0 Å². The van der Waals surface area contributed by atoms with Gasteiger partial charge in [-0.3, -0.25) is 4.79 Å². The zero-order chi connectivity index (χ0) is 25.9. The number of carbonyl (C=O) groups excluding carboxylic acids is 1. The number of carbonyl (C=O) groups is 1. The van der Waals surface area contributed by atoms with Crippen molar-refractivity contribution in [3.8, 4) is 11.5 Å². The second kappa shape index (κ2) is 10.9. The molecule has 0 spiro atoms. The van der Waals surface area contributed by atoms with Crippen molar-refractivity contribution in [3.05, 3.63) is 65.7 Å². The molecular formula is C31H40N2O4. The molecule has 1 heterocycles. The molecule has 2 saturated carbocycles. The summed E-state index contributed by atoms with van der Waals surface area (Å²) in [7, 11) is 5.25. The Hall–Kier alpha value is -2.83. The molecule has 5 rings (SSSR count). The van der Waals surface area contributed by atoms with Crippen LogP contribution in [0.1, 0.15) is 49.7 Å². The number of likely N-dealkylation sites (tertiary alicyclic amines) is 1. The Morgan fingerprint density at radius 1 is 1.03 bits per heavy atom. The maximum Gasteiger partial charge on any atom is 0.244 e. The van der Waals surface area contributed by atoms with Crippen molar-refractivity contribution < 1.29 is 19.0 Å². The number of methoxy groups -OCH3 is 3. The summed E-state index contributed by atoms with van der Waals surface area (Å²) >= 11 is 0. The van der Waals surface area contributed by atoms with E-state index in [0.29, 0.717) is 0 Å². The van der Waals surface area contributed by atoms with E-state index in [1.807, 2.05) is 43.5 Å². The molecule has 0 aromatic heterocycles. The smallest absolute Gasteiger partial charge is 0.244 e. The number of fused-ring (bicyclic) bond motifs is 1. The third-order valence-corrected chi connectivity index (χ3v) is 8.79. The quantitative estimate of drug-likeness (QED) is 0.496. The van der Waals surface area contributed by atoms with E-state index in [2.05, 4.69) is 28.4 Å². The van der Waals surface area contributed by atoms with E-state index in [-0.39, 0.29) is 23.0 Å². The fourth-order valence-corrected chi connectivity index (χ4v) is 6.62. The van der Waals surface area contributed by atoms with Crippen LogP contribution in [0.25, 0.3) is 6.08 Å². The molecule has 37 heavy (non-hydrogen) atoms. The lowest BCUT2D eigenvalue weighted by atomic mass is 9.55. The number of amides is 1. The lowest BCUT2D eigenvalue weighted by molar-refractivity contribution is -0.150. The number of ether oxygens (including phenoxy) is 3. The Kier molecular flexibility index (Phi) is 7.59. The van der Waals surface area contributed by atoms with Crippen molar-refractivity contribution in [3.63, 3.8) is 0 Å². The molecule has 3 fully saturated rings. The van der Waals surface area contributed by atoms with Crippen LogP contribution < -0.4 is 14.8 Å². The molecule has 3 unspecified atom stereocenters. The van der Waals surface area contributed by atoms with Gasteiger partial charge in [0, 0.05) is 37.7 Å². The van der Waals surface area contributed by atoms with Crippen LogP contribution in [0, 0.1) is 5.92 Å². The van der Waals surface area contributed by atoms with Gasteiger partial charge in [-0.05, 0) is 92.5 Å². The third kappa shape index (κ3) is 5.41. The van der Waals surface area contributed by atoms with Crippen LogP contribution in [-0.2, 0) is 14.9 Å². The number of nitrogens with one attached hydrogen (secondary N) is 1. The number of piperidine rings is 1. The monoisotopic (exact) mass is 504 g/mol. The van der Waals surface area contributed by atoms with Gasteiger partial charge in [-0.15, -0.1) is 0 Å². The molecular weight excluding hydrogens is 464 g/mol. The summed E-state index contributed by atoms with van der Waals surface area (Å²) in [5.41, 5.74) is 1.71. The standard InChI is InChI=1S/C31H40N2O4/c1-35-27-8-4-6-23(18-27)12-13-29(34)32-26-14-15-31(37-3)22-33(21-24-10-11-24)17-16-30(31,20-26)25-7-5-9-28(19-25)36-2/h4-9,12-13,18-19,24,26H,10-11,14-17,20-22H2,1-3H3,(H,32,34). The first-order valence-electron chi connectivity index (χ1n) is 13.5. The van der Waals surface area contributed by atoms with Gasteiger partial charge in [0.2, 0.25) is 5.91 Å². The van der Waals surface area contributed by atoms with E-state index in [1.165, 1.54) is 24.9 Å². The average Bonchev–Trinajstić information content (AvgIpc) is 3.76. The van der Waals surface area contributed by atoms with Gasteiger partial charge in [0.15, 0.2) is 0 Å². The van der Waals surface area contributed by atoms with Crippen molar-refractivity contribution in [2.24, 2.45) is 5.92 Å². The minimum Gasteiger partial charge on any atom is -0.497 e. The van der Waals surface area contributed by atoms with Crippen LogP contribution >= 0.6 is 0 Å². The van der Waals surface area contributed by atoms with Gasteiger partial charge in [-0.1, -0.05) is 24.3 Å². The van der Waals surface area contributed by atoms with Crippen molar-refractivity contribution in [1.82, 2.24) is 10.2 Å². The number of hydrogen-bond acceptors (Lipinski definition) is 5. The van der Waals surface area contributed by atoms with E-state index in [0.717, 1.165) is 61.8 Å². The molecule has 6 nitrogen and oxygen atoms in total. The van der Waals surface area contributed by atoms with Crippen molar-refractivity contribution in [2.45, 2.75) is 55.6 Å². The summed E-state index contributed by atoms with van der Waals surface area (Å²) in [6, 6.07) is 16.3. The lowest BCUT2D eigenvalue weighted by Gasteiger charge is -2.60. The van der Waals surface area contributed by atoms with Gasteiger partial charge in [-0.25, -0.2) is 0 Å². The number of rotatable bonds is 9. The van der Waals surface area contributed by atoms with Gasteiger partial charge in [0.05, 0.1) is 19.8 Å². The summed E-state index contributed by atoms with van der Waals surface area (Å²) in [5.74, 6) is 2.43. The first-order valence-corrected chi connectivity index (χ1v) is 13.5. The molecule has 1 amide bonds. The highest BCUT2D eigenvalue weighted by atomic mass is 16.5. The zero-order valence-corrected chi connectivity index (χ0v) is 22.4. The maximum absolute atomic E-state index is 13.0. The molecule has 0 bridgehead atoms. The Bertz CT molecular complexity index is 1130. The fourth-order valence-electron chi connectivity index (χ4n) is 6.62. The highest BCUT2D eigenvalue weighted by molar-refractivity contribution is 5.92. The molecule has 2 aromatic rings. The molecule has 2 aliphatic carbocycles.